The molecule has 1 aromatic rings. The van der Waals surface area contributed by atoms with Gasteiger partial charge in [0.25, 0.3) is 0 Å². The average molecular weight is 259 g/mol. The van der Waals surface area contributed by atoms with Gasteiger partial charge in [-0.2, -0.15) is 0 Å². The minimum atomic E-state index is 0.528. The van der Waals surface area contributed by atoms with E-state index in [0.717, 1.165) is 12.5 Å². The summed E-state index contributed by atoms with van der Waals surface area (Å²) < 4.78 is 0. The molecule has 2 rings (SSSR count). The third-order valence-corrected chi connectivity index (χ3v) is 4.46. The molecule has 1 aromatic carbocycles. The Labute approximate surface area is 118 Å². The molecule has 1 atom stereocenters. The van der Waals surface area contributed by atoms with Gasteiger partial charge in [0.1, 0.15) is 0 Å². The van der Waals surface area contributed by atoms with Crippen molar-refractivity contribution in [2.75, 3.05) is 6.54 Å². The van der Waals surface area contributed by atoms with Crippen LogP contribution in [0.4, 0.5) is 0 Å². The molecule has 0 saturated heterocycles. The summed E-state index contributed by atoms with van der Waals surface area (Å²) in [5, 5.41) is 3.63. The van der Waals surface area contributed by atoms with Gasteiger partial charge in [-0.25, -0.2) is 0 Å². The average Bonchev–Trinajstić information content (AvgIpc) is 2.49. The van der Waals surface area contributed by atoms with Gasteiger partial charge in [-0.3, -0.25) is 0 Å². The van der Waals surface area contributed by atoms with Gasteiger partial charge >= 0.3 is 0 Å². The molecule has 1 aliphatic rings. The van der Waals surface area contributed by atoms with Gasteiger partial charge in [0.05, 0.1) is 0 Å². The first-order valence-electron chi connectivity index (χ1n) is 8.18. The fraction of sp³-hybridized carbons (Fsp3) is 0.667. The Bertz CT molecular complexity index is 348. The molecule has 1 fully saturated rings. The van der Waals surface area contributed by atoms with Crippen LogP contribution in [-0.4, -0.2) is 6.54 Å². The summed E-state index contributed by atoms with van der Waals surface area (Å²) in [6.45, 7) is 5.61. The van der Waals surface area contributed by atoms with Crippen LogP contribution >= 0.6 is 0 Å². The number of hydrogen-bond acceptors (Lipinski definition) is 1. The summed E-state index contributed by atoms with van der Waals surface area (Å²) in [7, 11) is 0. The van der Waals surface area contributed by atoms with Crippen molar-refractivity contribution in [3.63, 3.8) is 0 Å². The van der Waals surface area contributed by atoms with Crippen LogP contribution in [0.3, 0.4) is 0 Å². The van der Waals surface area contributed by atoms with Crippen LogP contribution in [-0.2, 0) is 0 Å². The molecular weight excluding hydrogens is 230 g/mol. The molecule has 1 nitrogen and oxygen atoms in total. The predicted molar refractivity (Wildman–Crippen MR) is 83.6 cm³/mol. The zero-order chi connectivity index (χ0) is 13.5. The van der Waals surface area contributed by atoms with Gasteiger partial charge in [0.2, 0.25) is 0 Å². The SMILES string of the molecule is CCCNC(CC)c1ccc(C2CCCCC2)cc1. The third kappa shape index (κ3) is 4.07. The van der Waals surface area contributed by atoms with Crippen LogP contribution in [0.1, 0.15) is 81.9 Å². The van der Waals surface area contributed by atoms with Crippen molar-refractivity contribution in [3.8, 4) is 0 Å². The van der Waals surface area contributed by atoms with Gasteiger partial charge in [0, 0.05) is 6.04 Å². The van der Waals surface area contributed by atoms with Gasteiger partial charge in [0.15, 0.2) is 0 Å². The van der Waals surface area contributed by atoms with E-state index in [4.69, 9.17) is 0 Å². The van der Waals surface area contributed by atoms with Crippen molar-refractivity contribution < 1.29 is 0 Å². The van der Waals surface area contributed by atoms with E-state index in [2.05, 4.69) is 43.4 Å². The zero-order valence-electron chi connectivity index (χ0n) is 12.6. The molecule has 1 heteroatoms. The maximum Gasteiger partial charge on any atom is 0.0317 e. The smallest absolute Gasteiger partial charge is 0.0317 e. The van der Waals surface area contributed by atoms with Crippen LogP contribution in [0.25, 0.3) is 0 Å². The van der Waals surface area contributed by atoms with E-state index in [0.29, 0.717) is 6.04 Å². The minimum absolute atomic E-state index is 0.528. The van der Waals surface area contributed by atoms with Gasteiger partial charge in [-0.15, -0.1) is 0 Å². The van der Waals surface area contributed by atoms with Crippen LogP contribution in [0, 0.1) is 0 Å². The number of hydrogen-bond donors (Lipinski definition) is 1. The summed E-state index contributed by atoms with van der Waals surface area (Å²) in [5.74, 6) is 0.825. The number of nitrogens with one attached hydrogen (secondary N) is 1. The summed E-state index contributed by atoms with van der Waals surface area (Å²) >= 11 is 0. The molecule has 1 N–H and O–H groups in total. The molecule has 0 aliphatic heterocycles. The highest BCUT2D eigenvalue weighted by molar-refractivity contribution is 5.27. The molecule has 0 aromatic heterocycles. The van der Waals surface area contributed by atoms with E-state index in [1.807, 2.05) is 0 Å². The van der Waals surface area contributed by atoms with Crippen molar-refractivity contribution in [2.45, 2.75) is 70.8 Å². The Balaban J connectivity index is 1.99. The monoisotopic (exact) mass is 259 g/mol. The number of benzene rings is 1. The van der Waals surface area contributed by atoms with Gasteiger partial charge in [-0.1, -0.05) is 57.4 Å². The second-order valence-corrected chi connectivity index (χ2v) is 5.92. The van der Waals surface area contributed by atoms with Crippen LogP contribution < -0.4 is 5.32 Å². The van der Waals surface area contributed by atoms with Crippen LogP contribution in [0.15, 0.2) is 24.3 Å². The molecule has 1 aliphatic carbocycles. The van der Waals surface area contributed by atoms with E-state index in [9.17, 15) is 0 Å². The molecule has 1 saturated carbocycles. The lowest BCUT2D eigenvalue weighted by atomic mass is 9.83. The third-order valence-electron chi connectivity index (χ3n) is 4.46. The summed E-state index contributed by atoms with van der Waals surface area (Å²) in [6.07, 6.45) is 9.44. The number of rotatable bonds is 6. The molecule has 0 heterocycles. The zero-order valence-corrected chi connectivity index (χ0v) is 12.6. The predicted octanol–water partition coefficient (Wildman–Crippen LogP) is 5.19. The van der Waals surface area contributed by atoms with Crippen molar-refractivity contribution in [3.05, 3.63) is 35.4 Å². The first-order valence-corrected chi connectivity index (χ1v) is 8.18. The van der Waals surface area contributed by atoms with Crippen molar-refractivity contribution in [2.24, 2.45) is 0 Å². The van der Waals surface area contributed by atoms with E-state index >= 15 is 0 Å². The van der Waals surface area contributed by atoms with E-state index in [1.54, 1.807) is 5.56 Å². The second-order valence-electron chi connectivity index (χ2n) is 5.92. The molecule has 0 spiro atoms. The lowest BCUT2D eigenvalue weighted by molar-refractivity contribution is 0.443. The first-order chi connectivity index (χ1) is 9.35. The van der Waals surface area contributed by atoms with Crippen LogP contribution in [0.2, 0.25) is 0 Å². The Morgan fingerprint density at radius 1 is 1.05 bits per heavy atom. The molecular formula is C18H29N. The highest BCUT2D eigenvalue weighted by Gasteiger charge is 2.16. The van der Waals surface area contributed by atoms with Crippen molar-refractivity contribution in [1.29, 1.82) is 0 Å². The normalized spacial score (nSPS) is 18.4. The van der Waals surface area contributed by atoms with E-state index in [-0.39, 0.29) is 0 Å². The maximum atomic E-state index is 3.63. The topological polar surface area (TPSA) is 12.0 Å². The molecule has 19 heavy (non-hydrogen) atoms. The molecule has 0 amide bonds. The fourth-order valence-corrected chi connectivity index (χ4v) is 3.25. The van der Waals surface area contributed by atoms with E-state index < -0.39 is 0 Å². The first kappa shape index (κ1) is 14.6. The Morgan fingerprint density at radius 3 is 2.32 bits per heavy atom. The van der Waals surface area contributed by atoms with Gasteiger partial charge < -0.3 is 5.32 Å². The molecule has 1 unspecified atom stereocenters. The largest absolute Gasteiger partial charge is 0.310 e. The summed E-state index contributed by atoms with van der Waals surface area (Å²) in [4.78, 5) is 0. The Morgan fingerprint density at radius 2 is 1.74 bits per heavy atom. The minimum Gasteiger partial charge on any atom is -0.310 e. The Hall–Kier alpha value is -0.820. The van der Waals surface area contributed by atoms with E-state index in [1.165, 1.54) is 50.5 Å². The fourth-order valence-electron chi connectivity index (χ4n) is 3.25. The van der Waals surface area contributed by atoms with Crippen molar-refractivity contribution >= 4 is 0 Å². The highest BCUT2D eigenvalue weighted by atomic mass is 14.9. The van der Waals surface area contributed by atoms with Crippen molar-refractivity contribution in [1.82, 2.24) is 5.32 Å². The van der Waals surface area contributed by atoms with Crippen LogP contribution in [0.5, 0.6) is 0 Å². The summed E-state index contributed by atoms with van der Waals surface area (Å²) in [5.41, 5.74) is 3.02. The van der Waals surface area contributed by atoms with Gasteiger partial charge in [-0.05, 0) is 49.3 Å². The lowest BCUT2D eigenvalue weighted by Gasteiger charge is -2.23. The highest BCUT2D eigenvalue weighted by Crippen LogP contribution is 2.33. The quantitative estimate of drug-likeness (QED) is 0.741. The maximum absolute atomic E-state index is 3.63. The summed E-state index contributed by atoms with van der Waals surface area (Å²) in [6, 6.07) is 9.98. The molecule has 106 valence electrons. The molecule has 0 radical (unpaired) electrons. The standard InChI is InChI=1S/C18H29N/c1-3-14-19-18(4-2)17-12-10-16(11-13-17)15-8-6-5-7-9-15/h10-13,15,18-19H,3-9,14H2,1-2H3. The lowest BCUT2D eigenvalue weighted by Crippen LogP contribution is -2.21. The second kappa shape index (κ2) is 7.69. The Kier molecular flexibility index (Phi) is 5.91. The molecule has 0 bridgehead atoms.